The van der Waals surface area contributed by atoms with Crippen LogP contribution in [-0.4, -0.2) is 35.6 Å². The van der Waals surface area contributed by atoms with Crippen molar-refractivity contribution in [2.45, 2.75) is 19.3 Å². The van der Waals surface area contributed by atoms with Crippen molar-refractivity contribution in [2.24, 2.45) is 5.92 Å². The summed E-state index contributed by atoms with van der Waals surface area (Å²) < 4.78 is 5.56. The molecule has 1 unspecified atom stereocenters. The Morgan fingerprint density at radius 1 is 1.48 bits per heavy atom. The van der Waals surface area contributed by atoms with Crippen LogP contribution < -0.4 is 0 Å². The van der Waals surface area contributed by atoms with Crippen LogP contribution in [0.25, 0.3) is 5.57 Å². The fourth-order valence-electron chi connectivity index (χ4n) is 3.06. The lowest BCUT2D eigenvalue weighted by Crippen LogP contribution is -2.39. The van der Waals surface area contributed by atoms with E-state index in [-0.39, 0.29) is 5.92 Å². The highest BCUT2D eigenvalue weighted by Gasteiger charge is 2.24. The number of hydrogen-bond donors (Lipinski definition) is 1. The molecule has 1 saturated heterocycles. The van der Waals surface area contributed by atoms with E-state index in [1.165, 1.54) is 5.56 Å². The molecule has 0 bridgehead atoms. The van der Waals surface area contributed by atoms with Gasteiger partial charge in [0.25, 0.3) is 0 Å². The topological polar surface area (TPSA) is 53.7 Å². The third kappa shape index (κ3) is 4.12. The minimum Gasteiger partial charge on any atom is -0.481 e. The van der Waals surface area contributed by atoms with Gasteiger partial charge in [-0.15, -0.1) is 0 Å². The van der Waals surface area contributed by atoms with E-state index in [4.69, 9.17) is 9.52 Å². The van der Waals surface area contributed by atoms with Crippen molar-refractivity contribution in [3.8, 4) is 0 Å². The molecule has 0 amide bonds. The van der Waals surface area contributed by atoms with Gasteiger partial charge in [-0.25, -0.2) is 0 Å². The quantitative estimate of drug-likeness (QED) is 0.870. The van der Waals surface area contributed by atoms with Gasteiger partial charge < -0.3 is 14.4 Å². The lowest BCUT2D eigenvalue weighted by atomic mass is 9.98. The van der Waals surface area contributed by atoms with Crippen LogP contribution in [0.2, 0.25) is 0 Å². The molecular weight excluding hydrogens is 310 g/mol. The number of likely N-dealkylation sites (tertiary alicyclic amines) is 1. The van der Waals surface area contributed by atoms with Gasteiger partial charge >= 0.3 is 5.97 Å². The average Bonchev–Trinajstić information content (AvgIpc) is 3.25. The van der Waals surface area contributed by atoms with Gasteiger partial charge in [-0.3, -0.25) is 4.79 Å². The molecule has 0 aromatic carbocycles. The Morgan fingerprint density at radius 3 is 3.09 bits per heavy atom. The maximum atomic E-state index is 11.1. The van der Waals surface area contributed by atoms with Crippen LogP contribution in [0.4, 0.5) is 0 Å². The maximum Gasteiger partial charge on any atom is 0.307 e. The van der Waals surface area contributed by atoms with Gasteiger partial charge in [0.15, 0.2) is 0 Å². The molecule has 3 rings (SSSR count). The second-order valence-electron chi connectivity index (χ2n) is 5.87. The summed E-state index contributed by atoms with van der Waals surface area (Å²) >= 11 is 1.67. The summed E-state index contributed by atoms with van der Waals surface area (Å²) in [4.78, 5) is 13.4. The first-order valence-corrected chi connectivity index (χ1v) is 8.90. The molecule has 23 heavy (non-hydrogen) atoms. The normalized spacial score (nSPS) is 19.8. The van der Waals surface area contributed by atoms with Crippen molar-refractivity contribution in [1.82, 2.24) is 4.90 Å². The summed E-state index contributed by atoms with van der Waals surface area (Å²) in [7, 11) is 0. The summed E-state index contributed by atoms with van der Waals surface area (Å²) in [5.41, 5.74) is 2.29. The van der Waals surface area contributed by atoms with E-state index >= 15 is 0 Å². The van der Waals surface area contributed by atoms with Gasteiger partial charge in [0.05, 0.1) is 12.2 Å². The molecule has 1 N–H and O–H groups in total. The second kappa shape index (κ2) is 7.62. The Labute approximate surface area is 140 Å². The van der Waals surface area contributed by atoms with Crippen molar-refractivity contribution in [3.05, 3.63) is 52.6 Å². The molecule has 5 heteroatoms. The Kier molecular flexibility index (Phi) is 5.31. The van der Waals surface area contributed by atoms with Crippen LogP contribution in [0.5, 0.6) is 0 Å². The lowest BCUT2D eigenvalue weighted by Gasteiger charge is -2.30. The molecule has 122 valence electrons. The van der Waals surface area contributed by atoms with Crippen LogP contribution in [0, 0.1) is 5.92 Å². The Bertz CT molecular complexity index is 610. The first-order chi connectivity index (χ1) is 11.2. The molecule has 1 aliphatic rings. The molecule has 3 heterocycles. The smallest absolute Gasteiger partial charge is 0.307 e. The van der Waals surface area contributed by atoms with Crippen molar-refractivity contribution in [3.63, 3.8) is 0 Å². The summed E-state index contributed by atoms with van der Waals surface area (Å²) in [6.07, 6.45) is 6.55. The zero-order valence-electron chi connectivity index (χ0n) is 13.0. The summed E-state index contributed by atoms with van der Waals surface area (Å²) in [5, 5.41) is 13.4. The van der Waals surface area contributed by atoms with Gasteiger partial charge in [0, 0.05) is 18.7 Å². The van der Waals surface area contributed by atoms with E-state index in [1.54, 1.807) is 17.6 Å². The predicted octanol–water partition coefficient (Wildman–Crippen LogP) is 3.96. The minimum absolute atomic E-state index is 0.214. The van der Waals surface area contributed by atoms with E-state index in [1.807, 2.05) is 12.1 Å². The van der Waals surface area contributed by atoms with Crippen molar-refractivity contribution in [2.75, 3.05) is 19.6 Å². The van der Waals surface area contributed by atoms with Crippen molar-refractivity contribution >= 4 is 22.9 Å². The molecule has 0 saturated carbocycles. The fraction of sp³-hybridized carbons (Fsp3) is 0.389. The minimum atomic E-state index is -0.667. The number of carbonyl (C=O) groups is 1. The highest BCUT2D eigenvalue weighted by Crippen LogP contribution is 2.26. The Morgan fingerprint density at radius 2 is 2.39 bits per heavy atom. The SMILES string of the molecule is O=C(O)C1CCCN(CCC=C(c2ccsc2)c2ccco2)C1. The fourth-order valence-corrected chi connectivity index (χ4v) is 3.72. The molecule has 2 aromatic heterocycles. The van der Waals surface area contributed by atoms with Crippen molar-refractivity contribution < 1.29 is 14.3 Å². The molecule has 1 aliphatic heterocycles. The van der Waals surface area contributed by atoms with E-state index in [9.17, 15) is 4.79 Å². The van der Waals surface area contributed by atoms with E-state index in [0.717, 1.165) is 43.7 Å². The Balaban J connectivity index is 1.64. The lowest BCUT2D eigenvalue weighted by molar-refractivity contribution is -0.143. The number of furan rings is 1. The van der Waals surface area contributed by atoms with Crippen LogP contribution in [-0.2, 0) is 4.79 Å². The first kappa shape index (κ1) is 16.0. The zero-order valence-corrected chi connectivity index (χ0v) is 13.8. The monoisotopic (exact) mass is 331 g/mol. The molecule has 0 spiro atoms. The van der Waals surface area contributed by atoms with Gasteiger partial charge in [-0.1, -0.05) is 6.08 Å². The number of rotatable bonds is 6. The van der Waals surface area contributed by atoms with Gasteiger partial charge in [0.1, 0.15) is 5.76 Å². The third-order valence-electron chi connectivity index (χ3n) is 4.27. The molecular formula is C18H21NO3S. The molecule has 1 fully saturated rings. The molecule has 0 radical (unpaired) electrons. The van der Waals surface area contributed by atoms with Crippen LogP contribution in [0.15, 0.2) is 45.7 Å². The summed E-state index contributed by atoms with van der Waals surface area (Å²) in [6, 6.07) is 5.98. The first-order valence-electron chi connectivity index (χ1n) is 7.96. The molecule has 4 nitrogen and oxygen atoms in total. The number of hydrogen-bond acceptors (Lipinski definition) is 4. The summed E-state index contributed by atoms with van der Waals surface area (Å²) in [5.74, 6) is -0.000561. The zero-order chi connectivity index (χ0) is 16.1. The number of carboxylic acids is 1. The number of aliphatic carboxylic acids is 1. The number of carboxylic acid groups (broad SMARTS) is 1. The van der Waals surface area contributed by atoms with Crippen LogP contribution in [0.3, 0.4) is 0 Å². The van der Waals surface area contributed by atoms with Gasteiger partial charge in [0.2, 0.25) is 0 Å². The highest BCUT2D eigenvalue weighted by atomic mass is 32.1. The van der Waals surface area contributed by atoms with E-state index in [0.29, 0.717) is 6.54 Å². The predicted molar refractivity (Wildman–Crippen MR) is 91.5 cm³/mol. The molecule has 2 aromatic rings. The number of thiophene rings is 1. The summed E-state index contributed by atoms with van der Waals surface area (Å²) in [6.45, 7) is 2.54. The third-order valence-corrected chi connectivity index (χ3v) is 4.95. The van der Waals surface area contributed by atoms with Gasteiger partial charge in [-0.2, -0.15) is 11.3 Å². The van der Waals surface area contributed by atoms with Crippen molar-refractivity contribution in [1.29, 1.82) is 0 Å². The second-order valence-corrected chi connectivity index (χ2v) is 6.65. The standard InChI is InChI=1S/C18H21NO3S/c20-18(21)14-4-1-8-19(12-14)9-2-5-16(15-7-11-23-13-15)17-6-3-10-22-17/h3,5-7,10-11,13-14H,1-2,4,8-9,12H2,(H,20,21). The largest absolute Gasteiger partial charge is 0.481 e. The van der Waals surface area contributed by atoms with E-state index in [2.05, 4.69) is 27.8 Å². The molecule has 0 aliphatic carbocycles. The van der Waals surface area contributed by atoms with Crippen LogP contribution >= 0.6 is 11.3 Å². The molecule has 1 atom stereocenters. The number of nitrogens with zero attached hydrogens (tertiary/aromatic N) is 1. The Hall–Kier alpha value is -1.85. The van der Waals surface area contributed by atoms with E-state index < -0.39 is 5.97 Å². The van der Waals surface area contributed by atoms with Gasteiger partial charge in [-0.05, 0) is 60.3 Å². The maximum absolute atomic E-state index is 11.1. The average molecular weight is 331 g/mol. The number of piperidine rings is 1. The van der Waals surface area contributed by atoms with Crippen LogP contribution in [0.1, 0.15) is 30.6 Å². The highest BCUT2D eigenvalue weighted by molar-refractivity contribution is 7.08.